The maximum atomic E-state index is 11.9. The Kier molecular flexibility index (Phi) is 5.14. The third-order valence-electron chi connectivity index (χ3n) is 2.90. The number of hydrogen-bond acceptors (Lipinski definition) is 3. The van der Waals surface area contributed by atoms with Crippen LogP contribution in [0.4, 0.5) is 11.4 Å². The summed E-state index contributed by atoms with van der Waals surface area (Å²) in [5.41, 5.74) is 2.22. The molecule has 0 saturated carbocycles. The van der Waals surface area contributed by atoms with Gasteiger partial charge in [-0.25, -0.2) is 0 Å². The zero-order valence-electron chi connectivity index (χ0n) is 12.6. The Bertz CT molecular complexity index is 666. The lowest BCUT2D eigenvalue weighted by Crippen LogP contribution is -2.21. The van der Waals surface area contributed by atoms with Gasteiger partial charge in [0.05, 0.1) is 11.4 Å². The van der Waals surface area contributed by atoms with Crippen LogP contribution in [-0.4, -0.2) is 18.4 Å². The van der Waals surface area contributed by atoms with E-state index in [9.17, 15) is 9.59 Å². The predicted octanol–water partition coefficient (Wildman–Crippen LogP) is 2.97. The molecule has 5 heteroatoms. The lowest BCUT2D eigenvalue weighted by Gasteiger charge is -2.11. The van der Waals surface area contributed by atoms with Gasteiger partial charge in [-0.2, -0.15) is 0 Å². The average Bonchev–Trinajstić information content (AvgIpc) is 2.48. The number of ether oxygens (including phenoxy) is 1. The maximum absolute atomic E-state index is 11.9. The zero-order chi connectivity index (χ0) is 15.9. The second-order valence-corrected chi connectivity index (χ2v) is 4.88. The SMILES string of the molecule is CC(=O)Nc1ccccc1NC(=O)COc1ccc(C)cc1. The molecule has 0 aromatic heterocycles. The summed E-state index contributed by atoms with van der Waals surface area (Å²) >= 11 is 0. The molecule has 2 aromatic carbocycles. The predicted molar refractivity (Wildman–Crippen MR) is 86.0 cm³/mol. The Morgan fingerprint density at radius 1 is 0.955 bits per heavy atom. The van der Waals surface area contributed by atoms with Crippen LogP contribution in [0.15, 0.2) is 48.5 Å². The van der Waals surface area contributed by atoms with E-state index in [0.717, 1.165) is 5.56 Å². The topological polar surface area (TPSA) is 67.4 Å². The van der Waals surface area contributed by atoms with Gasteiger partial charge in [0.1, 0.15) is 5.75 Å². The molecular weight excluding hydrogens is 280 g/mol. The molecule has 0 radical (unpaired) electrons. The normalized spacial score (nSPS) is 9.91. The van der Waals surface area contributed by atoms with Crippen LogP contribution in [-0.2, 0) is 9.59 Å². The summed E-state index contributed by atoms with van der Waals surface area (Å²) < 4.78 is 5.42. The number of aryl methyl sites for hydroxylation is 1. The number of para-hydroxylation sites is 2. The van der Waals surface area contributed by atoms with Gasteiger partial charge in [-0.05, 0) is 31.2 Å². The van der Waals surface area contributed by atoms with E-state index in [-0.39, 0.29) is 18.4 Å². The van der Waals surface area contributed by atoms with Crippen molar-refractivity contribution < 1.29 is 14.3 Å². The van der Waals surface area contributed by atoms with Crippen LogP contribution in [0.2, 0.25) is 0 Å². The monoisotopic (exact) mass is 298 g/mol. The molecule has 2 aromatic rings. The van der Waals surface area contributed by atoms with E-state index in [0.29, 0.717) is 17.1 Å². The quantitative estimate of drug-likeness (QED) is 0.891. The average molecular weight is 298 g/mol. The molecule has 0 atom stereocenters. The van der Waals surface area contributed by atoms with Crippen molar-refractivity contribution in [2.24, 2.45) is 0 Å². The molecule has 2 amide bonds. The number of hydrogen-bond donors (Lipinski definition) is 2. The van der Waals surface area contributed by atoms with Crippen molar-refractivity contribution >= 4 is 23.2 Å². The van der Waals surface area contributed by atoms with Crippen LogP contribution in [0.25, 0.3) is 0 Å². The smallest absolute Gasteiger partial charge is 0.262 e. The van der Waals surface area contributed by atoms with Gasteiger partial charge in [0.2, 0.25) is 5.91 Å². The fraction of sp³-hybridized carbons (Fsp3) is 0.176. The highest BCUT2D eigenvalue weighted by atomic mass is 16.5. The second kappa shape index (κ2) is 7.26. The van der Waals surface area contributed by atoms with Crippen LogP contribution in [0.1, 0.15) is 12.5 Å². The zero-order valence-corrected chi connectivity index (χ0v) is 12.6. The highest BCUT2D eigenvalue weighted by Crippen LogP contribution is 2.20. The van der Waals surface area contributed by atoms with Gasteiger partial charge in [0.15, 0.2) is 6.61 Å². The van der Waals surface area contributed by atoms with Gasteiger partial charge < -0.3 is 15.4 Å². The number of nitrogens with one attached hydrogen (secondary N) is 2. The van der Waals surface area contributed by atoms with Crippen molar-refractivity contribution in [1.82, 2.24) is 0 Å². The van der Waals surface area contributed by atoms with E-state index in [1.165, 1.54) is 6.92 Å². The minimum Gasteiger partial charge on any atom is -0.484 e. The van der Waals surface area contributed by atoms with Crippen LogP contribution < -0.4 is 15.4 Å². The van der Waals surface area contributed by atoms with Crippen LogP contribution >= 0.6 is 0 Å². The third kappa shape index (κ3) is 4.63. The number of rotatable bonds is 5. The molecule has 2 rings (SSSR count). The van der Waals surface area contributed by atoms with Crippen LogP contribution in [0.3, 0.4) is 0 Å². The molecule has 0 bridgehead atoms. The summed E-state index contributed by atoms with van der Waals surface area (Å²) in [4.78, 5) is 23.1. The molecule has 0 aliphatic heterocycles. The minimum atomic E-state index is -0.293. The first kappa shape index (κ1) is 15.6. The molecule has 114 valence electrons. The third-order valence-corrected chi connectivity index (χ3v) is 2.90. The first-order valence-electron chi connectivity index (χ1n) is 6.90. The van der Waals surface area contributed by atoms with Crippen molar-refractivity contribution in [2.45, 2.75) is 13.8 Å². The molecule has 2 N–H and O–H groups in total. The number of carbonyl (C=O) groups excluding carboxylic acids is 2. The van der Waals surface area contributed by atoms with E-state index in [1.807, 2.05) is 31.2 Å². The maximum Gasteiger partial charge on any atom is 0.262 e. The molecule has 0 aliphatic carbocycles. The summed E-state index contributed by atoms with van der Waals surface area (Å²) in [6, 6.07) is 14.5. The first-order chi connectivity index (χ1) is 10.5. The van der Waals surface area contributed by atoms with E-state index < -0.39 is 0 Å². The molecule has 22 heavy (non-hydrogen) atoms. The van der Waals surface area contributed by atoms with E-state index in [2.05, 4.69) is 10.6 Å². The number of carbonyl (C=O) groups is 2. The summed E-state index contributed by atoms with van der Waals surface area (Å²) in [5, 5.41) is 5.38. The molecular formula is C17H18N2O3. The van der Waals surface area contributed by atoms with E-state index >= 15 is 0 Å². The molecule has 0 aliphatic rings. The van der Waals surface area contributed by atoms with Gasteiger partial charge in [-0.1, -0.05) is 29.8 Å². The van der Waals surface area contributed by atoms with Crippen molar-refractivity contribution in [1.29, 1.82) is 0 Å². The highest BCUT2D eigenvalue weighted by Gasteiger charge is 2.08. The highest BCUT2D eigenvalue weighted by molar-refractivity contribution is 5.99. The summed E-state index contributed by atoms with van der Waals surface area (Å²) in [5.74, 6) is 0.145. The minimum absolute atomic E-state index is 0.0997. The van der Waals surface area contributed by atoms with Gasteiger partial charge in [0.25, 0.3) is 5.91 Å². The summed E-state index contributed by atoms with van der Waals surface area (Å²) in [6.07, 6.45) is 0. The van der Waals surface area contributed by atoms with Crippen molar-refractivity contribution in [3.05, 3.63) is 54.1 Å². The summed E-state index contributed by atoms with van der Waals surface area (Å²) in [7, 11) is 0. The molecule has 0 spiro atoms. The fourth-order valence-electron chi connectivity index (χ4n) is 1.86. The molecule has 0 heterocycles. The Hall–Kier alpha value is -2.82. The van der Waals surface area contributed by atoms with Crippen molar-refractivity contribution in [3.8, 4) is 5.75 Å². The van der Waals surface area contributed by atoms with Crippen molar-refractivity contribution in [3.63, 3.8) is 0 Å². The Balaban J connectivity index is 1.94. The molecule has 0 fully saturated rings. The summed E-state index contributed by atoms with van der Waals surface area (Å²) in [6.45, 7) is 3.30. The Morgan fingerprint density at radius 2 is 1.55 bits per heavy atom. The molecule has 0 saturated heterocycles. The Morgan fingerprint density at radius 3 is 2.14 bits per heavy atom. The van der Waals surface area contributed by atoms with Gasteiger partial charge in [0, 0.05) is 6.92 Å². The van der Waals surface area contributed by atoms with E-state index in [1.54, 1.807) is 24.3 Å². The number of amides is 2. The number of benzene rings is 2. The van der Waals surface area contributed by atoms with Gasteiger partial charge in [-0.15, -0.1) is 0 Å². The number of anilines is 2. The molecule has 0 unspecified atom stereocenters. The Labute approximate surface area is 129 Å². The van der Waals surface area contributed by atoms with Gasteiger partial charge in [-0.3, -0.25) is 9.59 Å². The van der Waals surface area contributed by atoms with E-state index in [4.69, 9.17) is 4.74 Å². The lowest BCUT2D eigenvalue weighted by molar-refractivity contribution is -0.118. The first-order valence-corrected chi connectivity index (χ1v) is 6.90. The lowest BCUT2D eigenvalue weighted by atomic mass is 10.2. The largest absolute Gasteiger partial charge is 0.484 e. The second-order valence-electron chi connectivity index (χ2n) is 4.88. The fourth-order valence-corrected chi connectivity index (χ4v) is 1.86. The van der Waals surface area contributed by atoms with Crippen LogP contribution in [0, 0.1) is 6.92 Å². The standard InChI is InChI=1S/C17H18N2O3/c1-12-7-9-14(10-8-12)22-11-17(21)19-16-6-4-3-5-15(16)18-13(2)20/h3-10H,11H2,1-2H3,(H,18,20)(H,19,21). The van der Waals surface area contributed by atoms with Gasteiger partial charge >= 0.3 is 0 Å². The van der Waals surface area contributed by atoms with Crippen molar-refractivity contribution in [2.75, 3.05) is 17.2 Å². The molecule has 5 nitrogen and oxygen atoms in total. The van der Waals surface area contributed by atoms with Crippen LogP contribution in [0.5, 0.6) is 5.75 Å².